The molecule has 1 aromatic rings. The maximum Gasteiger partial charge on any atom is 0.317 e. The van der Waals surface area contributed by atoms with Crippen LogP contribution in [0.2, 0.25) is 5.02 Å². The lowest BCUT2D eigenvalue weighted by Crippen LogP contribution is -2.57. The molecule has 2 fully saturated rings. The summed E-state index contributed by atoms with van der Waals surface area (Å²) >= 11 is 6.10. The Hall–Kier alpha value is -1.45. The Bertz CT molecular complexity index is 870. The van der Waals surface area contributed by atoms with Gasteiger partial charge in [0.15, 0.2) is 0 Å². The normalized spacial score (nSPS) is 22.4. The summed E-state index contributed by atoms with van der Waals surface area (Å²) in [6.45, 7) is 1.87. The lowest BCUT2D eigenvalue weighted by Gasteiger charge is -2.43. The van der Waals surface area contributed by atoms with Crippen LogP contribution in [0, 0.1) is 17.7 Å². The predicted molar refractivity (Wildman–Crippen MR) is 149 cm³/mol. The number of aliphatic hydroxyl groups is 2. The van der Waals surface area contributed by atoms with Crippen molar-refractivity contribution in [2.75, 3.05) is 40.4 Å². The van der Waals surface area contributed by atoms with Gasteiger partial charge in [-0.2, -0.15) is 0 Å². The number of urea groups is 1. The number of nitrogens with zero attached hydrogens (tertiary/aromatic N) is 1. The number of carbonyl (C=O) groups excluding carboxylic acids is 1. The van der Waals surface area contributed by atoms with Gasteiger partial charge in [0.25, 0.3) is 0 Å². The number of piperidine rings is 1. The first-order valence-electron chi connectivity index (χ1n) is 14.4. The van der Waals surface area contributed by atoms with E-state index in [0.717, 1.165) is 32.1 Å². The highest BCUT2D eigenvalue weighted by Crippen LogP contribution is 2.42. The second-order valence-corrected chi connectivity index (χ2v) is 11.5. The molecule has 216 valence electrons. The molecule has 1 aromatic carbocycles. The molecule has 1 saturated heterocycles. The molecule has 1 aliphatic heterocycles. The van der Waals surface area contributed by atoms with Crippen LogP contribution in [-0.4, -0.2) is 73.7 Å². The van der Waals surface area contributed by atoms with Gasteiger partial charge in [0.1, 0.15) is 5.82 Å². The minimum atomic E-state index is -1.47. The smallest absolute Gasteiger partial charge is 0.317 e. The molecule has 0 unspecified atom stereocenters. The highest BCUT2D eigenvalue weighted by Gasteiger charge is 2.43. The number of methoxy groups -OCH3 is 1. The molecular weight excluding hydrogens is 509 g/mol. The van der Waals surface area contributed by atoms with Crippen molar-refractivity contribution >= 4 is 17.6 Å². The zero-order chi connectivity index (χ0) is 27.5. The number of hydrogen-bond donors (Lipinski definition) is 4. The van der Waals surface area contributed by atoms with Crippen LogP contribution >= 0.6 is 11.6 Å². The molecule has 0 bridgehead atoms. The second kappa shape index (κ2) is 15.4. The van der Waals surface area contributed by atoms with E-state index in [0.29, 0.717) is 51.9 Å². The molecule has 0 aromatic heterocycles. The number of aliphatic hydroxyl groups excluding tert-OH is 1. The van der Waals surface area contributed by atoms with Crippen LogP contribution in [0.1, 0.15) is 76.2 Å². The molecule has 7 nitrogen and oxygen atoms in total. The lowest BCUT2D eigenvalue weighted by atomic mass is 9.74. The number of unbranched alkanes of at least 4 members (excludes halogenated alkanes) is 1. The fourth-order valence-corrected chi connectivity index (χ4v) is 6.47. The van der Waals surface area contributed by atoms with Crippen LogP contribution in [0.15, 0.2) is 18.2 Å². The van der Waals surface area contributed by atoms with Crippen LogP contribution in [0.25, 0.3) is 0 Å². The molecule has 3 rings (SSSR count). The first-order chi connectivity index (χ1) is 18.3. The van der Waals surface area contributed by atoms with E-state index < -0.39 is 23.6 Å². The molecule has 1 heterocycles. The van der Waals surface area contributed by atoms with E-state index in [-0.39, 0.29) is 28.5 Å². The van der Waals surface area contributed by atoms with Crippen molar-refractivity contribution in [1.29, 1.82) is 0 Å². The third kappa shape index (κ3) is 8.04. The number of benzene rings is 1. The summed E-state index contributed by atoms with van der Waals surface area (Å²) in [5.41, 5.74) is -1.28. The Morgan fingerprint density at radius 3 is 2.63 bits per heavy atom. The molecule has 1 saturated carbocycles. The van der Waals surface area contributed by atoms with Gasteiger partial charge in [0.2, 0.25) is 0 Å². The Kier molecular flexibility index (Phi) is 12.6. The third-order valence-electron chi connectivity index (χ3n) is 8.49. The summed E-state index contributed by atoms with van der Waals surface area (Å²) in [5, 5.41) is 29.4. The molecule has 1 aliphatic carbocycles. The van der Waals surface area contributed by atoms with Crippen molar-refractivity contribution < 1.29 is 24.1 Å². The third-order valence-corrected chi connectivity index (χ3v) is 8.78. The summed E-state index contributed by atoms with van der Waals surface area (Å²) in [6.07, 6.45) is 9.04. The van der Waals surface area contributed by atoms with Gasteiger partial charge < -0.3 is 30.5 Å². The molecule has 38 heavy (non-hydrogen) atoms. The Morgan fingerprint density at radius 1 is 1.21 bits per heavy atom. The van der Waals surface area contributed by atoms with Crippen LogP contribution in [0.3, 0.4) is 0 Å². The fraction of sp³-hybridized carbons (Fsp3) is 0.759. The highest BCUT2D eigenvalue weighted by molar-refractivity contribution is 6.30. The number of hydrogen-bond acceptors (Lipinski definition) is 5. The summed E-state index contributed by atoms with van der Waals surface area (Å²) in [6, 6.07) is 4.08. The van der Waals surface area contributed by atoms with Crippen molar-refractivity contribution in [1.82, 2.24) is 15.5 Å². The molecule has 9 heteroatoms. The first kappa shape index (κ1) is 31.1. The first-order valence-corrected chi connectivity index (χ1v) is 14.7. The number of rotatable bonds is 12. The van der Waals surface area contributed by atoms with Gasteiger partial charge in [0.05, 0.1) is 22.8 Å². The minimum absolute atomic E-state index is 0.0226. The summed E-state index contributed by atoms with van der Waals surface area (Å²) in [5.74, 6) is -0.786. The van der Waals surface area contributed by atoms with Gasteiger partial charge in [-0.05, 0) is 64.0 Å². The maximum absolute atomic E-state index is 15.2. The lowest BCUT2D eigenvalue weighted by molar-refractivity contribution is -0.0590. The van der Waals surface area contributed by atoms with E-state index >= 15 is 4.39 Å². The number of likely N-dealkylation sites (tertiary alicyclic amines) is 1. The number of halogens is 2. The van der Waals surface area contributed by atoms with Gasteiger partial charge in [-0.25, -0.2) is 9.18 Å². The number of amides is 2. The SMILES string of the molecule is CNC[C@@H](NC(=O)N1CCC[C@@H]([C@@](O)(CCCCOC)c2cccc(Cl)c2F)C1)[C@@H](O)C1CCCCCC1. The fourth-order valence-electron chi connectivity index (χ4n) is 6.30. The van der Waals surface area contributed by atoms with Gasteiger partial charge in [-0.1, -0.05) is 49.4 Å². The molecule has 2 aliphatic rings. The zero-order valence-electron chi connectivity index (χ0n) is 23.1. The van der Waals surface area contributed by atoms with Crippen molar-refractivity contribution in [2.24, 2.45) is 11.8 Å². The van der Waals surface area contributed by atoms with Crippen molar-refractivity contribution in [3.05, 3.63) is 34.6 Å². The van der Waals surface area contributed by atoms with Crippen LogP contribution in [-0.2, 0) is 10.3 Å². The van der Waals surface area contributed by atoms with Gasteiger partial charge in [-0.3, -0.25) is 0 Å². The van der Waals surface area contributed by atoms with E-state index in [1.54, 1.807) is 24.1 Å². The van der Waals surface area contributed by atoms with Crippen LogP contribution in [0.4, 0.5) is 9.18 Å². The Balaban J connectivity index is 1.74. The zero-order valence-corrected chi connectivity index (χ0v) is 23.8. The summed E-state index contributed by atoms with van der Waals surface area (Å²) in [7, 11) is 3.45. The van der Waals surface area contributed by atoms with E-state index in [4.69, 9.17) is 16.3 Å². The quantitative estimate of drug-likeness (QED) is 0.219. The molecule has 4 N–H and O–H groups in total. The largest absolute Gasteiger partial charge is 0.391 e. The van der Waals surface area contributed by atoms with Crippen molar-refractivity contribution in [3.63, 3.8) is 0 Å². The Labute approximate surface area is 232 Å². The van der Waals surface area contributed by atoms with Crippen LogP contribution in [0.5, 0.6) is 0 Å². The maximum atomic E-state index is 15.2. The van der Waals surface area contributed by atoms with Crippen LogP contribution < -0.4 is 10.6 Å². The minimum Gasteiger partial charge on any atom is -0.391 e. The molecule has 2 amide bonds. The molecule has 4 atom stereocenters. The number of nitrogens with one attached hydrogen (secondary N) is 2. The second-order valence-electron chi connectivity index (χ2n) is 11.1. The summed E-state index contributed by atoms with van der Waals surface area (Å²) in [4.78, 5) is 15.2. The monoisotopic (exact) mass is 555 g/mol. The standard InChI is InChI=1S/C29H47ClFN3O4/c1-32-19-25(27(35)21-11-5-3-4-6-12-21)33-28(36)34-17-10-13-22(20-34)29(37,16-7-8-18-38-2)23-14-9-15-24(30)26(23)31/h9,14-15,21-22,25,27,32,35,37H,3-8,10-13,16-20H2,1-2H3,(H,33,36)/t22-,25-,27+,29+/m1/s1. The van der Waals surface area contributed by atoms with E-state index in [1.807, 2.05) is 7.05 Å². The van der Waals surface area contributed by atoms with Gasteiger partial charge >= 0.3 is 6.03 Å². The van der Waals surface area contributed by atoms with Crippen molar-refractivity contribution in [2.45, 2.75) is 88.4 Å². The number of likely N-dealkylation sites (N-methyl/N-ethyl adjacent to an activating group) is 1. The van der Waals surface area contributed by atoms with Gasteiger partial charge in [0, 0.05) is 44.8 Å². The summed E-state index contributed by atoms with van der Waals surface area (Å²) < 4.78 is 20.4. The topological polar surface area (TPSA) is 94.1 Å². The average Bonchev–Trinajstić information content (AvgIpc) is 3.21. The van der Waals surface area contributed by atoms with E-state index in [2.05, 4.69) is 10.6 Å². The molecule has 0 spiro atoms. The molecular formula is C29H47ClFN3O4. The molecule has 0 radical (unpaired) electrons. The Morgan fingerprint density at radius 2 is 1.95 bits per heavy atom. The number of ether oxygens (including phenoxy) is 1. The van der Waals surface area contributed by atoms with E-state index in [1.165, 1.54) is 18.9 Å². The predicted octanol–water partition coefficient (Wildman–Crippen LogP) is 4.82. The average molecular weight is 556 g/mol. The number of carbonyl (C=O) groups is 1. The highest BCUT2D eigenvalue weighted by atomic mass is 35.5. The van der Waals surface area contributed by atoms with Gasteiger partial charge in [-0.15, -0.1) is 0 Å². The van der Waals surface area contributed by atoms with E-state index in [9.17, 15) is 15.0 Å². The van der Waals surface area contributed by atoms with Crippen molar-refractivity contribution in [3.8, 4) is 0 Å².